The lowest BCUT2D eigenvalue weighted by Gasteiger charge is -2.16. The van der Waals surface area contributed by atoms with Gasteiger partial charge in [-0.3, -0.25) is 0 Å². The summed E-state index contributed by atoms with van der Waals surface area (Å²) in [6, 6.07) is 3.88. The lowest BCUT2D eigenvalue weighted by Crippen LogP contribution is -2.29. The molecule has 0 amide bonds. The first-order valence-corrected chi connectivity index (χ1v) is 7.42. The molecule has 0 spiro atoms. The summed E-state index contributed by atoms with van der Waals surface area (Å²) in [5.74, 6) is 2.06. The zero-order chi connectivity index (χ0) is 15.1. The van der Waals surface area contributed by atoms with Crippen LogP contribution in [-0.2, 0) is 4.74 Å². The Morgan fingerprint density at radius 2 is 1.95 bits per heavy atom. The summed E-state index contributed by atoms with van der Waals surface area (Å²) in [6.45, 7) is 5.09. The topological polar surface area (TPSA) is 49.0 Å². The van der Waals surface area contributed by atoms with Crippen LogP contribution < -0.4 is 19.5 Å². The molecule has 0 bridgehead atoms. The van der Waals surface area contributed by atoms with Crippen LogP contribution in [0.3, 0.4) is 0 Å². The fraction of sp³-hybridized carbons (Fsp3) is 0.625. The third-order valence-electron chi connectivity index (χ3n) is 3.53. The van der Waals surface area contributed by atoms with Gasteiger partial charge in [0, 0.05) is 19.7 Å². The molecule has 0 aromatic heterocycles. The average Bonchev–Trinajstić information content (AvgIpc) is 3.00. The maximum atomic E-state index is 5.82. The standard InChI is InChI=1S/C16H25NO4/c1-12-9-14(18-2)16(15(10-12)19-3)21-8-6-17-11-13-5-4-7-20-13/h9-10,13,17H,4-8,11H2,1-3H3. The van der Waals surface area contributed by atoms with Gasteiger partial charge < -0.3 is 24.3 Å². The van der Waals surface area contributed by atoms with Gasteiger partial charge in [-0.1, -0.05) is 0 Å². The van der Waals surface area contributed by atoms with Crippen LogP contribution in [0, 0.1) is 6.92 Å². The van der Waals surface area contributed by atoms with Crippen molar-refractivity contribution in [2.45, 2.75) is 25.9 Å². The molecular weight excluding hydrogens is 270 g/mol. The highest BCUT2D eigenvalue weighted by Gasteiger charge is 2.15. The van der Waals surface area contributed by atoms with Crippen LogP contribution in [-0.4, -0.2) is 46.6 Å². The van der Waals surface area contributed by atoms with E-state index in [0.717, 1.165) is 31.7 Å². The molecule has 1 atom stereocenters. The summed E-state index contributed by atoms with van der Waals surface area (Å²) < 4.78 is 22.1. The summed E-state index contributed by atoms with van der Waals surface area (Å²) in [5, 5.41) is 3.35. The predicted molar refractivity (Wildman–Crippen MR) is 81.6 cm³/mol. The maximum absolute atomic E-state index is 5.82. The second-order valence-electron chi connectivity index (χ2n) is 5.19. The fourth-order valence-electron chi connectivity index (χ4n) is 2.45. The largest absolute Gasteiger partial charge is 0.493 e. The molecule has 0 radical (unpaired) electrons. The second-order valence-corrected chi connectivity index (χ2v) is 5.19. The zero-order valence-corrected chi connectivity index (χ0v) is 13.1. The minimum Gasteiger partial charge on any atom is -0.493 e. The minimum atomic E-state index is 0.355. The van der Waals surface area contributed by atoms with Gasteiger partial charge in [0.1, 0.15) is 6.61 Å². The molecule has 1 aromatic rings. The molecule has 1 fully saturated rings. The van der Waals surface area contributed by atoms with Crippen molar-refractivity contribution in [3.05, 3.63) is 17.7 Å². The molecule has 1 aliphatic rings. The van der Waals surface area contributed by atoms with E-state index in [1.165, 1.54) is 6.42 Å². The first-order valence-electron chi connectivity index (χ1n) is 7.42. The number of methoxy groups -OCH3 is 2. The quantitative estimate of drug-likeness (QED) is 0.745. The van der Waals surface area contributed by atoms with Crippen molar-refractivity contribution >= 4 is 0 Å². The van der Waals surface area contributed by atoms with Gasteiger partial charge in [-0.2, -0.15) is 0 Å². The number of nitrogens with one attached hydrogen (secondary N) is 1. The summed E-state index contributed by atoms with van der Waals surface area (Å²) in [7, 11) is 3.27. The summed E-state index contributed by atoms with van der Waals surface area (Å²) in [5.41, 5.74) is 1.08. The lowest BCUT2D eigenvalue weighted by atomic mass is 10.2. The van der Waals surface area contributed by atoms with E-state index < -0.39 is 0 Å². The Morgan fingerprint density at radius 3 is 2.52 bits per heavy atom. The van der Waals surface area contributed by atoms with Crippen LogP contribution in [0.4, 0.5) is 0 Å². The highest BCUT2D eigenvalue weighted by atomic mass is 16.5. The Bertz CT molecular complexity index is 419. The molecule has 2 rings (SSSR count). The van der Waals surface area contributed by atoms with Gasteiger partial charge in [0.25, 0.3) is 0 Å². The molecule has 0 aliphatic carbocycles. The molecule has 1 heterocycles. The van der Waals surface area contributed by atoms with E-state index >= 15 is 0 Å². The van der Waals surface area contributed by atoms with Gasteiger partial charge in [-0.25, -0.2) is 0 Å². The normalized spacial score (nSPS) is 17.8. The highest BCUT2D eigenvalue weighted by Crippen LogP contribution is 2.38. The third kappa shape index (κ3) is 4.51. The molecule has 0 saturated carbocycles. The smallest absolute Gasteiger partial charge is 0.203 e. The third-order valence-corrected chi connectivity index (χ3v) is 3.53. The van der Waals surface area contributed by atoms with E-state index in [1.807, 2.05) is 19.1 Å². The Hall–Kier alpha value is -1.46. The number of ether oxygens (including phenoxy) is 4. The Balaban J connectivity index is 1.81. The maximum Gasteiger partial charge on any atom is 0.203 e. The predicted octanol–water partition coefficient (Wildman–Crippen LogP) is 2.16. The molecule has 1 unspecified atom stereocenters. The van der Waals surface area contributed by atoms with Gasteiger partial charge in [0.05, 0.1) is 20.3 Å². The zero-order valence-electron chi connectivity index (χ0n) is 13.1. The van der Waals surface area contributed by atoms with Gasteiger partial charge >= 0.3 is 0 Å². The van der Waals surface area contributed by atoms with Crippen LogP contribution in [0.5, 0.6) is 17.2 Å². The van der Waals surface area contributed by atoms with E-state index in [9.17, 15) is 0 Å². The van der Waals surface area contributed by atoms with Crippen molar-refractivity contribution in [2.75, 3.05) is 40.5 Å². The lowest BCUT2D eigenvalue weighted by molar-refractivity contribution is 0.109. The first kappa shape index (κ1) is 15.9. The monoisotopic (exact) mass is 295 g/mol. The van der Waals surface area contributed by atoms with E-state index in [1.54, 1.807) is 14.2 Å². The number of hydrogen-bond acceptors (Lipinski definition) is 5. The Morgan fingerprint density at radius 1 is 1.24 bits per heavy atom. The molecule has 1 aliphatic heterocycles. The van der Waals surface area contributed by atoms with E-state index in [4.69, 9.17) is 18.9 Å². The first-order chi connectivity index (χ1) is 10.2. The number of hydrogen-bond donors (Lipinski definition) is 1. The van der Waals surface area contributed by atoms with Crippen molar-refractivity contribution in [1.82, 2.24) is 5.32 Å². The van der Waals surface area contributed by atoms with Gasteiger partial charge in [-0.05, 0) is 37.5 Å². The van der Waals surface area contributed by atoms with Crippen molar-refractivity contribution in [2.24, 2.45) is 0 Å². The van der Waals surface area contributed by atoms with Crippen LogP contribution in [0.2, 0.25) is 0 Å². The SMILES string of the molecule is COc1cc(C)cc(OC)c1OCCNCC1CCCO1. The van der Waals surface area contributed by atoms with Gasteiger partial charge in [0.2, 0.25) is 5.75 Å². The molecule has 5 nitrogen and oxygen atoms in total. The van der Waals surface area contributed by atoms with E-state index in [0.29, 0.717) is 30.0 Å². The minimum absolute atomic E-state index is 0.355. The van der Waals surface area contributed by atoms with E-state index in [-0.39, 0.29) is 0 Å². The van der Waals surface area contributed by atoms with E-state index in [2.05, 4.69) is 5.32 Å². The van der Waals surface area contributed by atoms with Crippen molar-refractivity contribution in [1.29, 1.82) is 0 Å². The Labute approximate surface area is 126 Å². The summed E-state index contributed by atoms with van der Waals surface area (Å²) in [6.07, 6.45) is 2.67. The molecular formula is C16H25NO4. The molecule has 1 aromatic carbocycles. The number of rotatable bonds is 8. The van der Waals surface area contributed by atoms with Crippen molar-refractivity contribution < 1.29 is 18.9 Å². The van der Waals surface area contributed by atoms with Crippen LogP contribution in [0.25, 0.3) is 0 Å². The summed E-state index contributed by atoms with van der Waals surface area (Å²) in [4.78, 5) is 0. The Kier molecular flexibility index (Phi) is 6.14. The van der Waals surface area contributed by atoms with Crippen molar-refractivity contribution in [3.8, 4) is 17.2 Å². The van der Waals surface area contributed by atoms with Crippen LogP contribution >= 0.6 is 0 Å². The molecule has 118 valence electrons. The number of benzene rings is 1. The highest BCUT2D eigenvalue weighted by molar-refractivity contribution is 5.53. The van der Waals surface area contributed by atoms with Crippen molar-refractivity contribution in [3.63, 3.8) is 0 Å². The number of aryl methyl sites for hydroxylation is 1. The molecule has 5 heteroatoms. The van der Waals surface area contributed by atoms with Crippen LogP contribution in [0.15, 0.2) is 12.1 Å². The van der Waals surface area contributed by atoms with Crippen LogP contribution in [0.1, 0.15) is 18.4 Å². The fourth-order valence-corrected chi connectivity index (χ4v) is 2.45. The van der Waals surface area contributed by atoms with Gasteiger partial charge in [-0.15, -0.1) is 0 Å². The molecule has 21 heavy (non-hydrogen) atoms. The molecule has 1 N–H and O–H groups in total. The average molecular weight is 295 g/mol. The second kappa shape index (κ2) is 8.10. The molecule has 1 saturated heterocycles. The summed E-state index contributed by atoms with van der Waals surface area (Å²) >= 11 is 0. The van der Waals surface area contributed by atoms with Gasteiger partial charge in [0.15, 0.2) is 11.5 Å².